The molecule has 0 N–H and O–H groups in total. The van der Waals surface area contributed by atoms with E-state index in [4.69, 9.17) is 9.47 Å². The highest BCUT2D eigenvalue weighted by Gasteiger charge is 2.50. The van der Waals surface area contributed by atoms with E-state index in [2.05, 4.69) is 9.80 Å². The first-order valence-corrected chi connectivity index (χ1v) is 16.6. The summed E-state index contributed by atoms with van der Waals surface area (Å²) in [6.07, 6.45) is 7.00. The minimum Gasteiger partial charge on any atom is -0.465 e. The second-order valence-electron chi connectivity index (χ2n) is 12.0. The molecule has 0 radical (unpaired) electrons. The maximum absolute atomic E-state index is 14.3. The molecule has 2 saturated heterocycles. The lowest BCUT2D eigenvalue weighted by Gasteiger charge is -2.29. The largest absolute Gasteiger partial charge is 0.465 e. The van der Waals surface area contributed by atoms with E-state index in [1.54, 1.807) is 13.8 Å². The Balaban J connectivity index is 1.46. The maximum atomic E-state index is 14.3. The van der Waals surface area contributed by atoms with Crippen LogP contribution in [0.1, 0.15) is 63.5 Å². The summed E-state index contributed by atoms with van der Waals surface area (Å²) in [5.74, 6) is -2.09. The maximum Gasteiger partial charge on any atom is 0.326 e. The van der Waals surface area contributed by atoms with E-state index < -0.39 is 23.8 Å². The van der Waals surface area contributed by atoms with Crippen molar-refractivity contribution in [1.82, 2.24) is 9.80 Å². The van der Waals surface area contributed by atoms with Gasteiger partial charge < -0.3 is 19.3 Å². The molecule has 6 rings (SSSR count). The number of esters is 2. The first kappa shape index (κ1) is 31.4. The first-order chi connectivity index (χ1) is 22.4. The van der Waals surface area contributed by atoms with Gasteiger partial charge in [0.1, 0.15) is 13.1 Å². The number of carbonyl (C=O) groups is 4. The molecule has 0 bridgehead atoms. The smallest absolute Gasteiger partial charge is 0.326 e. The molecule has 0 spiro atoms. The van der Waals surface area contributed by atoms with Crippen molar-refractivity contribution in [1.29, 1.82) is 0 Å². The van der Waals surface area contributed by atoms with Gasteiger partial charge in [-0.15, -0.1) is 0 Å². The molecule has 2 aromatic rings. The third kappa shape index (κ3) is 6.12. The Labute approximate surface area is 270 Å². The monoisotopic (exact) mass is 626 g/mol. The number of fused-ring (bicyclic) bond motifs is 1. The van der Waals surface area contributed by atoms with Crippen molar-refractivity contribution in [2.45, 2.75) is 52.4 Å². The van der Waals surface area contributed by atoms with Crippen LogP contribution in [-0.2, 0) is 28.7 Å². The summed E-state index contributed by atoms with van der Waals surface area (Å²) in [5, 5.41) is 0. The van der Waals surface area contributed by atoms with E-state index >= 15 is 0 Å². The Bertz CT molecular complexity index is 1430. The Morgan fingerprint density at radius 1 is 0.565 bits per heavy atom. The number of nitrogens with zero attached hydrogens (tertiary/aromatic N) is 4. The predicted molar refractivity (Wildman–Crippen MR) is 176 cm³/mol. The number of anilines is 2. The molecule has 10 nitrogen and oxygen atoms in total. The van der Waals surface area contributed by atoms with Crippen LogP contribution in [0.3, 0.4) is 0 Å². The lowest BCUT2D eigenvalue weighted by Crippen LogP contribution is -2.36. The number of benzene rings is 2. The number of carbonyl (C=O) groups excluding carboxylic acids is 4. The van der Waals surface area contributed by atoms with Gasteiger partial charge in [-0.25, -0.2) is 0 Å². The van der Waals surface area contributed by atoms with Crippen molar-refractivity contribution in [3.05, 3.63) is 70.8 Å². The quantitative estimate of drug-likeness (QED) is 0.353. The van der Waals surface area contributed by atoms with Crippen molar-refractivity contribution in [2.75, 3.05) is 62.3 Å². The van der Waals surface area contributed by atoms with Gasteiger partial charge in [-0.3, -0.25) is 29.0 Å². The molecule has 0 aromatic heterocycles. The molecule has 4 heterocycles. The van der Waals surface area contributed by atoms with Gasteiger partial charge in [0.2, 0.25) is 0 Å². The third-order valence-corrected chi connectivity index (χ3v) is 9.09. The zero-order valence-corrected chi connectivity index (χ0v) is 26.8. The van der Waals surface area contributed by atoms with Gasteiger partial charge in [0.25, 0.3) is 11.8 Å². The van der Waals surface area contributed by atoms with Gasteiger partial charge in [0.15, 0.2) is 0 Å². The molecule has 0 unspecified atom stereocenters. The summed E-state index contributed by atoms with van der Waals surface area (Å²) in [5.41, 5.74) is 4.46. The molecule has 4 aliphatic heterocycles. The van der Waals surface area contributed by atoms with Crippen LogP contribution < -0.4 is 9.80 Å². The Morgan fingerprint density at radius 2 is 0.913 bits per heavy atom. The highest BCUT2D eigenvalue weighted by Crippen LogP contribution is 2.47. The molecule has 2 fully saturated rings. The Kier molecular flexibility index (Phi) is 9.42. The molecule has 2 aromatic carbocycles. The van der Waals surface area contributed by atoms with Crippen LogP contribution in [-0.4, -0.2) is 86.0 Å². The van der Waals surface area contributed by atoms with E-state index in [-0.39, 0.29) is 37.4 Å². The number of ether oxygens (including phenoxy) is 2. The molecule has 0 saturated carbocycles. The Hall–Kier alpha value is -4.60. The molecule has 242 valence electrons. The van der Waals surface area contributed by atoms with Gasteiger partial charge in [0.05, 0.1) is 35.8 Å². The normalized spacial score (nSPS) is 18.5. The molecular weight excluding hydrogens is 584 g/mol. The second-order valence-corrected chi connectivity index (χ2v) is 12.0. The van der Waals surface area contributed by atoms with Crippen molar-refractivity contribution >= 4 is 46.5 Å². The topological polar surface area (TPSA) is 99.7 Å². The van der Waals surface area contributed by atoms with Gasteiger partial charge in [-0.05, 0) is 87.8 Å². The first-order valence-electron chi connectivity index (χ1n) is 16.6. The average Bonchev–Trinajstić information content (AvgIpc) is 3.52. The lowest BCUT2D eigenvalue weighted by atomic mass is 10.0. The molecule has 0 aliphatic carbocycles. The molecule has 2 amide bonds. The van der Waals surface area contributed by atoms with Crippen molar-refractivity contribution in [3.8, 4) is 0 Å². The fourth-order valence-electron chi connectivity index (χ4n) is 6.93. The van der Waals surface area contributed by atoms with Crippen molar-refractivity contribution in [3.63, 3.8) is 0 Å². The zero-order valence-electron chi connectivity index (χ0n) is 26.8. The summed E-state index contributed by atoms with van der Waals surface area (Å²) >= 11 is 0. The van der Waals surface area contributed by atoms with Crippen LogP contribution in [0, 0.1) is 0 Å². The molecular formula is C36H42N4O6. The average molecular weight is 627 g/mol. The van der Waals surface area contributed by atoms with E-state index in [9.17, 15) is 19.2 Å². The van der Waals surface area contributed by atoms with Gasteiger partial charge >= 0.3 is 11.9 Å². The van der Waals surface area contributed by atoms with Crippen LogP contribution >= 0.6 is 0 Å². The van der Waals surface area contributed by atoms with Crippen molar-refractivity contribution < 1.29 is 28.7 Å². The molecule has 10 heteroatoms. The van der Waals surface area contributed by atoms with E-state index in [1.165, 1.54) is 22.6 Å². The Morgan fingerprint density at radius 3 is 1.24 bits per heavy atom. The highest BCUT2D eigenvalue weighted by atomic mass is 16.5. The van der Waals surface area contributed by atoms with E-state index in [1.807, 2.05) is 48.5 Å². The van der Waals surface area contributed by atoms with E-state index in [0.29, 0.717) is 22.5 Å². The minimum absolute atomic E-state index is 0.168. The molecule has 4 aliphatic rings. The number of piperidine rings is 2. The van der Waals surface area contributed by atoms with Gasteiger partial charge in [-0.1, -0.05) is 24.3 Å². The van der Waals surface area contributed by atoms with Gasteiger partial charge in [0, 0.05) is 37.6 Å². The third-order valence-electron chi connectivity index (χ3n) is 9.09. The summed E-state index contributed by atoms with van der Waals surface area (Å²) in [6, 6.07) is 15.6. The van der Waals surface area contributed by atoms with Crippen LogP contribution in [0.15, 0.2) is 59.7 Å². The summed E-state index contributed by atoms with van der Waals surface area (Å²) in [7, 11) is 0. The van der Waals surface area contributed by atoms with Crippen LogP contribution in [0.5, 0.6) is 0 Å². The fraction of sp³-hybridized carbons (Fsp3) is 0.444. The van der Waals surface area contributed by atoms with Crippen LogP contribution in [0.4, 0.5) is 11.4 Å². The number of hydrogen-bond acceptors (Lipinski definition) is 8. The number of rotatable bonds is 10. The summed E-state index contributed by atoms with van der Waals surface area (Å²) < 4.78 is 10.5. The van der Waals surface area contributed by atoms with Gasteiger partial charge in [-0.2, -0.15) is 0 Å². The lowest BCUT2D eigenvalue weighted by molar-refractivity contribution is -0.146. The van der Waals surface area contributed by atoms with Crippen molar-refractivity contribution in [2.24, 2.45) is 0 Å². The van der Waals surface area contributed by atoms with E-state index in [0.717, 1.165) is 63.2 Å². The van der Waals surface area contributed by atoms with Crippen LogP contribution in [0.2, 0.25) is 0 Å². The number of hydrogen-bond donors (Lipinski definition) is 0. The zero-order chi connectivity index (χ0) is 32.2. The molecule has 46 heavy (non-hydrogen) atoms. The number of amides is 2. The summed E-state index contributed by atoms with van der Waals surface area (Å²) in [4.78, 5) is 61.6. The second kappa shape index (κ2) is 13.8. The fourth-order valence-corrected chi connectivity index (χ4v) is 6.93. The standard InChI is InChI=1S/C36H42N4O6/c1-3-45-29(41)23-39-33(25-11-15-27(16-12-25)37-19-7-5-8-20-37)31-32(35(39)43)34(40(36(31)44)24-30(42)46-4-2)26-13-17-28(18-14-26)38-21-9-6-10-22-38/h11-18H,3-10,19-24H2,1-2H3. The van der Waals surface area contributed by atoms with Crippen LogP contribution in [0.25, 0.3) is 11.4 Å². The highest BCUT2D eigenvalue weighted by molar-refractivity contribution is 6.31. The SMILES string of the molecule is CCOC(=O)CN1C(=O)C2=C(c3ccc(N4CCCCC4)cc3)N(CC(=O)OCC)C(=O)C2=C1c1ccc(N2CCCCC2)cc1. The predicted octanol–water partition coefficient (Wildman–Crippen LogP) is 4.60. The summed E-state index contributed by atoms with van der Waals surface area (Å²) in [6.45, 7) is 7.00. The molecule has 0 atom stereocenters. The minimum atomic E-state index is -0.567.